The summed E-state index contributed by atoms with van der Waals surface area (Å²) in [5, 5.41) is 2.87. The monoisotopic (exact) mass is 424 g/mol. The number of aromatic nitrogens is 1. The summed E-state index contributed by atoms with van der Waals surface area (Å²) >= 11 is 0. The number of aromatic amines is 1. The summed E-state index contributed by atoms with van der Waals surface area (Å²) in [5.41, 5.74) is 0.302. The number of carbonyl (C=O) groups is 2. The molecule has 0 saturated carbocycles. The molecule has 3 heterocycles. The van der Waals surface area contributed by atoms with E-state index in [1.165, 1.54) is 16.6 Å². The molecule has 2 amide bonds. The van der Waals surface area contributed by atoms with Crippen LogP contribution in [0.1, 0.15) is 62.9 Å². The number of H-pyrrole nitrogens is 1. The summed E-state index contributed by atoms with van der Waals surface area (Å²) in [6.45, 7) is 5.74. The van der Waals surface area contributed by atoms with E-state index >= 15 is 0 Å². The Morgan fingerprint density at radius 2 is 1.79 bits per heavy atom. The smallest absolute Gasteiger partial charge is 0.270 e. The predicted octanol–water partition coefficient (Wildman–Crippen LogP) is 1.96. The predicted molar refractivity (Wildman–Crippen MR) is 110 cm³/mol. The summed E-state index contributed by atoms with van der Waals surface area (Å²) in [7, 11) is -3.76. The lowest BCUT2D eigenvalue weighted by molar-refractivity contribution is -0.126. The van der Waals surface area contributed by atoms with Gasteiger partial charge in [0.2, 0.25) is 15.9 Å². The largest absolute Gasteiger partial charge is 0.356 e. The lowest BCUT2D eigenvalue weighted by atomic mass is 9.98. The van der Waals surface area contributed by atoms with Crippen molar-refractivity contribution in [3.63, 3.8) is 0 Å². The normalized spacial score (nSPS) is 21.8. The molecule has 1 aromatic rings. The molecule has 29 heavy (non-hydrogen) atoms. The van der Waals surface area contributed by atoms with Gasteiger partial charge in [-0.25, -0.2) is 8.42 Å². The molecule has 0 aliphatic carbocycles. The first-order valence-corrected chi connectivity index (χ1v) is 12.0. The van der Waals surface area contributed by atoms with E-state index in [9.17, 15) is 18.0 Å². The first-order chi connectivity index (χ1) is 13.8. The molecule has 0 unspecified atom stereocenters. The van der Waals surface area contributed by atoms with Gasteiger partial charge in [0.1, 0.15) is 10.6 Å². The van der Waals surface area contributed by atoms with Crippen molar-refractivity contribution in [1.29, 1.82) is 0 Å². The van der Waals surface area contributed by atoms with Gasteiger partial charge in [0.05, 0.1) is 5.92 Å². The zero-order chi connectivity index (χ0) is 21.0. The van der Waals surface area contributed by atoms with Crippen molar-refractivity contribution in [3.05, 3.63) is 18.0 Å². The van der Waals surface area contributed by atoms with Gasteiger partial charge >= 0.3 is 0 Å². The van der Waals surface area contributed by atoms with Crippen LogP contribution in [0.3, 0.4) is 0 Å². The lowest BCUT2D eigenvalue weighted by Crippen LogP contribution is -2.46. The average Bonchev–Trinajstić information content (AvgIpc) is 3.04. The van der Waals surface area contributed by atoms with Gasteiger partial charge in [0.25, 0.3) is 5.91 Å². The Morgan fingerprint density at radius 1 is 1.10 bits per heavy atom. The molecule has 0 bridgehead atoms. The molecule has 162 valence electrons. The maximum absolute atomic E-state index is 13.1. The topological polar surface area (TPSA) is 103 Å². The second-order valence-electron chi connectivity index (χ2n) is 8.32. The summed E-state index contributed by atoms with van der Waals surface area (Å²) in [6.07, 6.45) is 6.90. The van der Waals surface area contributed by atoms with Crippen LogP contribution in [0.2, 0.25) is 0 Å². The highest BCUT2D eigenvalue weighted by Gasteiger charge is 2.34. The van der Waals surface area contributed by atoms with Crippen LogP contribution < -0.4 is 5.32 Å². The number of sulfonamides is 1. The second kappa shape index (κ2) is 9.30. The fourth-order valence-electron chi connectivity index (χ4n) is 4.02. The summed E-state index contributed by atoms with van der Waals surface area (Å²) in [4.78, 5) is 29.8. The SMILES string of the molecule is CC(C)NC(=O)[C@@H]1CCCN(S(=O)(=O)c2c[nH]c(C(=O)N3CCCCCC3)c2)C1. The van der Waals surface area contributed by atoms with Crippen LogP contribution in [-0.4, -0.2) is 66.6 Å². The van der Waals surface area contributed by atoms with Crippen molar-refractivity contribution in [3.8, 4) is 0 Å². The molecule has 2 aliphatic heterocycles. The molecule has 9 heteroatoms. The zero-order valence-electron chi connectivity index (χ0n) is 17.3. The van der Waals surface area contributed by atoms with Gasteiger partial charge < -0.3 is 15.2 Å². The highest BCUT2D eigenvalue weighted by atomic mass is 32.2. The minimum absolute atomic E-state index is 0.0201. The molecule has 1 aromatic heterocycles. The van der Waals surface area contributed by atoms with E-state index in [0.29, 0.717) is 38.2 Å². The van der Waals surface area contributed by atoms with Gasteiger partial charge in [-0.05, 0) is 45.6 Å². The number of rotatable bonds is 5. The van der Waals surface area contributed by atoms with Crippen molar-refractivity contribution >= 4 is 21.8 Å². The van der Waals surface area contributed by atoms with Gasteiger partial charge in [0, 0.05) is 38.4 Å². The molecule has 3 rings (SSSR count). The highest BCUT2D eigenvalue weighted by Crippen LogP contribution is 2.25. The van der Waals surface area contributed by atoms with Crippen LogP contribution in [0.15, 0.2) is 17.2 Å². The number of hydrogen-bond donors (Lipinski definition) is 2. The quantitative estimate of drug-likeness (QED) is 0.754. The zero-order valence-corrected chi connectivity index (χ0v) is 18.1. The maximum Gasteiger partial charge on any atom is 0.270 e. The molecule has 8 nitrogen and oxygen atoms in total. The van der Waals surface area contributed by atoms with Gasteiger partial charge in [-0.1, -0.05) is 12.8 Å². The number of likely N-dealkylation sites (tertiary alicyclic amines) is 1. The third-order valence-electron chi connectivity index (χ3n) is 5.60. The van der Waals surface area contributed by atoms with E-state index in [0.717, 1.165) is 25.7 Å². The molecule has 0 aromatic carbocycles. The van der Waals surface area contributed by atoms with Crippen LogP contribution >= 0.6 is 0 Å². The second-order valence-corrected chi connectivity index (χ2v) is 10.3. The maximum atomic E-state index is 13.1. The molecule has 2 aliphatic rings. The Balaban J connectivity index is 1.71. The summed E-state index contributed by atoms with van der Waals surface area (Å²) in [6, 6.07) is 1.45. The minimum atomic E-state index is -3.76. The fraction of sp³-hybridized carbons (Fsp3) is 0.700. The third-order valence-corrected chi connectivity index (χ3v) is 7.45. The van der Waals surface area contributed by atoms with Gasteiger partial charge in [-0.3, -0.25) is 9.59 Å². The van der Waals surface area contributed by atoms with Crippen molar-refractivity contribution in [1.82, 2.24) is 19.5 Å². The highest BCUT2D eigenvalue weighted by molar-refractivity contribution is 7.89. The average molecular weight is 425 g/mol. The van der Waals surface area contributed by atoms with Crippen LogP contribution in [0.4, 0.5) is 0 Å². The summed E-state index contributed by atoms with van der Waals surface area (Å²) in [5.74, 6) is -0.606. The number of amides is 2. The van der Waals surface area contributed by atoms with Gasteiger partial charge in [-0.2, -0.15) is 4.31 Å². The van der Waals surface area contributed by atoms with E-state index in [2.05, 4.69) is 10.3 Å². The molecular weight excluding hydrogens is 392 g/mol. The van der Waals surface area contributed by atoms with E-state index in [1.807, 2.05) is 13.8 Å². The first-order valence-electron chi connectivity index (χ1n) is 10.6. The first kappa shape index (κ1) is 21.8. The number of nitrogens with one attached hydrogen (secondary N) is 2. The number of carbonyl (C=O) groups excluding carboxylic acids is 2. The Kier molecular flexibility index (Phi) is 7.00. The number of piperidine rings is 1. The van der Waals surface area contributed by atoms with E-state index in [4.69, 9.17) is 0 Å². The molecular formula is C20H32N4O4S. The van der Waals surface area contributed by atoms with Crippen molar-refractivity contribution < 1.29 is 18.0 Å². The van der Waals surface area contributed by atoms with E-state index in [-0.39, 0.29) is 35.2 Å². The Bertz CT molecular complexity index is 825. The molecule has 0 spiro atoms. The molecule has 2 fully saturated rings. The lowest BCUT2D eigenvalue weighted by Gasteiger charge is -2.31. The van der Waals surface area contributed by atoms with Crippen LogP contribution in [0.25, 0.3) is 0 Å². The summed E-state index contributed by atoms with van der Waals surface area (Å²) < 4.78 is 27.6. The number of hydrogen-bond acceptors (Lipinski definition) is 4. The van der Waals surface area contributed by atoms with E-state index in [1.54, 1.807) is 4.90 Å². The van der Waals surface area contributed by atoms with Gasteiger partial charge in [0.15, 0.2) is 0 Å². The number of nitrogens with zero attached hydrogens (tertiary/aromatic N) is 2. The third kappa shape index (κ3) is 5.19. The van der Waals surface area contributed by atoms with Crippen molar-refractivity contribution in [2.24, 2.45) is 5.92 Å². The van der Waals surface area contributed by atoms with Crippen LogP contribution in [-0.2, 0) is 14.8 Å². The molecule has 2 saturated heterocycles. The standard InChI is InChI=1S/C20H32N4O4S/c1-15(2)22-19(25)16-8-7-11-24(14-16)29(27,28)17-12-18(21-13-17)20(26)23-9-5-3-4-6-10-23/h12-13,15-16,21H,3-11,14H2,1-2H3,(H,22,25)/t16-/m1/s1. The molecule has 1 atom stereocenters. The Morgan fingerprint density at radius 3 is 2.45 bits per heavy atom. The Hall–Kier alpha value is -1.87. The van der Waals surface area contributed by atoms with Crippen LogP contribution in [0.5, 0.6) is 0 Å². The van der Waals surface area contributed by atoms with E-state index < -0.39 is 10.0 Å². The molecule has 2 N–H and O–H groups in total. The minimum Gasteiger partial charge on any atom is -0.356 e. The fourth-order valence-corrected chi connectivity index (χ4v) is 5.54. The van der Waals surface area contributed by atoms with Gasteiger partial charge in [-0.15, -0.1) is 0 Å². The van der Waals surface area contributed by atoms with Crippen molar-refractivity contribution in [2.45, 2.75) is 63.3 Å². The Labute approximate surface area is 173 Å². The van der Waals surface area contributed by atoms with Crippen LogP contribution in [0, 0.1) is 5.92 Å². The molecule has 0 radical (unpaired) electrons. The van der Waals surface area contributed by atoms with Crippen molar-refractivity contribution in [2.75, 3.05) is 26.2 Å².